The van der Waals surface area contributed by atoms with E-state index in [1.807, 2.05) is 12.3 Å². The van der Waals surface area contributed by atoms with Crippen LogP contribution in [-0.2, 0) is 0 Å². The molecule has 2 heterocycles. The minimum atomic E-state index is 0.419. The molecule has 2 rings (SSSR count). The van der Waals surface area contributed by atoms with Crippen molar-refractivity contribution in [3.8, 4) is 0 Å². The van der Waals surface area contributed by atoms with Gasteiger partial charge in [0.15, 0.2) is 5.82 Å². The van der Waals surface area contributed by atoms with Gasteiger partial charge in [-0.15, -0.1) is 0 Å². The van der Waals surface area contributed by atoms with Crippen LogP contribution in [0.15, 0.2) is 18.3 Å². The fourth-order valence-corrected chi connectivity index (χ4v) is 2.63. The summed E-state index contributed by atoms with van der Waals surface area (Å²) in [4.78, 5) is 4.60. The van der Waals surface area contributed by atoms with Gasteiger partial charge in [0.25, 0.3) is 0 Å². The second-order valence-electron chi connectivity index (χ2n) is 5.40. The maximum Gasteiger partial charge on any atom is 0.166 e. The molecule has 0 radical (unpaired) electrons. The van der Waals surface area contributed by atoms with Gasteiger partial charge in [-0.1, -0.05) is 6.42 Å². The molecule has 0 spiro atoms. The Morgan fingerprint density at radius 1 is 1.32 bits per heavy atom. The Kier molecular flexibility index (Phi) is 5.02. The third kappa shape index (κ3) is 3.60. The molecule has 0 bridgehead atoms. The fourth-order valence-electron chi connectivity index (χ4n) is 2.63. The Labute approximate surface area is 116 Å². The van der Waals surface area contributed by atoms with Gasteiger partial charge >= 0.3 is 0 Å². The van der Waals surface area contributed by atoms with Crippen LogP contribution in [0.2, 0.25) is 0 Å². The van der Waals surface area contributed by atoms with Crippen molar-refractivity contribution in [2.45, 2.75) is 46.1 Å². The molecule has 0 saturated carbocycles. The molecule has 4 nitrogen and oxygen atoms in total. The Balaban J connectivity index is 2.21. The largest absolute Gasteiger partial charge is 0.380 e. The van der Waals surface area contributed by atoms with Crippen molar-refractivity contribution in [2.75, 3.05) is 30.0 Å². The number of rotatable bonds is 5. The Morgan fingerprint density at radius 3 is 2.68 bits per heavy atom. The minimum Gasteiger partial charge on any atom is -0.380 e. The molecule has 0 atom stereocenters. The average molecular weight is 262 g/mol. The van der Waals surface area contributed by atoms with Gasteiger partial charge in [0.05, 0.1) is 5.69 Å². The highest BCUT2D eigenvalue weighted by molar-refractivity contribution is 5.65. The first kappa shape index (κ1) is 14.1. The molecular formula is C15H26N4. The molecule has 1 saturated heterocycles. The summed E-state index contributed by atoms with van der Waals surface area (Å²) in [6.45, 7) is 9.77. The molecule has 1 aromatic rings. The summed E-state index contributed by atoms with van der Waals surface area (Å²) in [5.74, 6) is 1.06. The smallest absolute Gasteiger partial charge is 0.166 e. The van der Waals surface area contributed by atoms with Gasteiger partial charge in [-0.05, 0) is 45.7 Å². The molecule has 0 aliphatic carbocycles. The molecule has 0 aromatic carbocycles. The number of hydrazine groups is 1. The average Bonchev–Trinajstić information content (AvgIpc) is 2.42. The second-order valence-corrected chi connectivity index (χ2v) is 5.40. The summed E-state index contributed by atoms with van der Waals surface area (Å²) in [7, 11) is 0. The number of nitrogens with zero attached hydrogens (tertiary/aromatic N) is 3. The van der Waals surface area contributed by atoms with Crippen molar-refractivity contribution >= 4 is 11.5 Å². The summed E-state index contributed by atoms with van der Waals surface area (Å²) in [6, 6.07) is 4.54. The lowest BCUT2D eigenvalue weighted by atomic mass is 10.1. The number of hydrogen-bond acceptors (Lipinski definition) is 4. The highest BCUT2D eigenvalue weighted by atomic mass is 15.6. The van der Waals surface area contributed by atoms with Crippen LogP contribution in [0, 0.1) is 0 Å². The molecule has 19 heavy (non-hydrogen) atoms. The molecule has 1 aliphatic rings. The predicted octanol–water partition coefficient (Wildman–Crippen LogP) is 3.13. The Bertz CT molecular complexity index is 385. The number of hydrogen-bond donors (Lipinski definition) is 1. The van der Waals surface area contributed by atoms with E-state index < -0.39 is 0 Å². The van der Waals surface area contributed by atoms with E-state index in [1.54, 1.807) is 0 Å². The van der Waals surface area contributed by atoms with Crippen molar-refractivity contribution in [1.82, 2.24) is 9.99 Å². The van der Waals surface area contributed by atoms with Crippen LogP contribution in [0.3, 0.4) is 0 Å². The summed E-state index contributed by atoms with van der Waals surface area (Å²) in [5.41, 5.74) is 1.13. The Hall–Kier alpha value is -1.29. The van der Waals surface area contributed by atoms with Gasteiger partial charge in [-0.2, -0.15) is 0 Å². The van der Waals surface area contributed by atoms with Crippen molar-refractivity contribution < 1.29 is 0 Å². The van der Waals surface area contributed by atoms with E-state index in [1.165, 1.54) is 19.3 Å². The highest BCUT2D eigenvalue weighted by Crippen LogP contribution is 2.26. The first-order valence-corrected chi connectivity index (χ1v) is 7.46. The highest BCUT2D eigenvalue weighted by Gasteiger charge is 2.20. The molecule has 4 heteroatoms. The van der Waals surface area contributed by atoms with E-state index in [4.69, 9.17) is 0 Å². The van der Waals surface area contributed by atoms with Crippen LogP contribution in [0.4, 0.5) is 11.5 Å². The summed E-state index contributed by atoms with van der Waals surface area (Å²) in [6.07, 6.45) is 5.81. The molecule has 106 valence electrons. The molecule has 0 unspecified atom stereocenters. The van der Waals surface area contributed by atoms with Crippen LogP contribution < -0.4 is 10.3 Å². The lowest BCUT2D eigenvalue weighted by Crippen LogP contribution is -2.46. The predicted molar refractivity (Wildman–Crippen MR) is 81.4 cm³/mol. The third-order valence-electron chi connectivity index (χ3n) is 3.45. The fraction of sp³-hybridized carbons (Fsp3) is 0.667. The van der Waals surface area contributed by atoms with E-state index >= 15 is 0 Å². The van der Waals surface area contributed by atoms with Crippen molar-refractivity contribution in [2.24, 2.45) is 0 Å². The van der Waals surface area contributed by atoms with Gasteiger partial charge in [0.2, 0.25) is 0 Å². The number of anilines is 2. The molecule has 1 aliphatic heterocycles. The second kappa shape index (κ2) is 6.75. The van der Waals surface area contributed by atoms with Crippen LogP contribution in [0.1, 0.15) is 40.0 Å². The monoisotopic (exact) mass is 262 g/mol. The normalized spacial score (nSPS) is 16.6. The third-order valence-corrected chi connectivity index (χ3v) is 3.45. The topological polar surface area (TPSA) is 31.4 Å². The lowest BCUT2D eigenvalue weighted by molar-refractivity contribution is 0.209. The first-order chi connectivity index (χ1) is 9.22. The van der Waals surface area contributed by atoms with E-state index in [9.17, 15) is 0 Å². The maximum atomic E-state index is 4.60. The van der Waals surface area contributed by atoms with Crippen LogP contribution in [0.25, 0.3) is 0 Å². The maximum absolute atomic E-state index is 4.60. The SMILES string of the molecule is CCN(c1ncccc1NC(C)C)N1CCCCC1. The Morgan fingerprint density at radius 2 is 2.05 bits per heavy atom. The summed E-state index contributed by atoms with van der Waals surface area (Å²) >= 11 is 0. The van der Waals surface area contributed by atoms with Crippen molar-refractivity contribution in [3.63, 3.8) is 0 Å². The minimum absolute atomic E-state index is 0.419. The zero-order valence-corrected chi connectivity index (χ0v) is 12.4. The summed E-state index contributed by atoms with van der Waals surface area (Å²) < 4.78 is 0. The van der Waals surface area contributed by atoms with Gasteiger partial charge in [-0.25, -0.2) is 9.99 Å². The van der Waals surface area contributed by atoms with E-state index in [0.717, 1.165) is 31.1 Å². The molecule has 1 N–H and O–H groups in total. The van der Waals surface area contributed by atoms with Gasteiger partial charge < -0.3 is 5.32 Å². The van der Waals surface area contributed by atoms with Gasteiger partial charge in [0, 0.05) is 31.9 Å². The van der Waals surface area contributed by atoms with Crippen molar-refractivity contribution in [3.05, 3.63) is 18.3 Å². The first-order valence-electron chi connectivity index (χ1n) is 7.46. The van der Waals surface area contributed by atoms with Crippen LogP contribution >= 0.6 is 0 Å². The number of pyridine rings is 1. The molecule has 0 amide bonds. The molecular weight excluding hydrogens is 236 g/mol. The van der Waals surface area contributed by atoms with E-state index in [2.05, 4.69) is 47.2 Å². The van der Waals surface area contributed by atoms with Crippen LogP contribution in [0.5, 0.6) is 0 Å². The quantitative estimate of drug-likeness (QED) is 0.883. The van der Waals surface area contributed by atoms with Crippen LogP contribution in [-0.4, -0.2) is 35.7 Å². The van der Waals surface area contributed by atoms with Gasteiger partial charge in [-0.3, -0.25) is 5.01 Å². The number of nitrogens with one attached hydrogen (secondary N) is 1. The molecule has 1 fully saturated rings. The standard InChI is InChI=1S/C15H26N4/c1-4-19(18-11-6-5-7-12-18)15-14(17-13(2)3)9-8-10-16-15/h8-10,13,17H,4-7,11-12H2,1-3H3. The van der Waals surface area contributed by atoms with E-state index in [0.29, 0.717) is 6.04 Å². The summed E-state index contributed by atoms with van der Waals surface area (Å²) in [5, 5.41) is 8.26. The van der Waals surface area contributed by atoms with Gasteiger partial charge in [0.1, 0.15) is 0 Å². The number of aromatic nitrogens is 1. The number of piperidine rings is 1. The van der Waals surface area contributed by atoms with Crippen molar-refractivity contribution in [1.29, 1.82) is 0 Å². The van der Waals surface area contributed by atoms with E-state index in [-0.39, 0.29) is 0 Å². The molecule has 1 aromatic heterocycles. The zero-order valence-electron chi connectivity index (χ0n) is 12.4. The lowest BCUT2D eigenvalue weighted by Gasteiger charge is -2.38. The zero-order chi connectivity index (χ0) is 13.7.